The van der Waals surface area contributed by atoms with Crippen LogP contribution in [-0.4, -0.2) is 47.5 Å². The van der Waals surface area contributed by atoms with E-state index in [-0.39, 0.29) is 11.9 Å². The molecule has 160 valence electrons. The van der Waals surface area contributed by atoms with Crippen molar-refractivity contribution in [3.8, 4) is 0 Å². The normalized spacial score (nSPS) is 15.5. The van der Waals surface area contributed by atoms with Crippen LogP contribution >= 0.6 is 0 Å². The van der Waals surface area contributed by atoms with E-state index < -0.39 is 5.60 Å². The molecule has 1 N–H and O–H groups in total. The number of benzene rings is 3. The summed E-state index contributed by atoms with van der Waals surface area (Å²) < 4.78 is 0. The molecule has 1 aliphatic rings. The van der Waals surface area contributed by atoms with Crippen LogP contribution in [0.4, 0.5) is 0 Å². The zero-order chi connectivity index (χ0) is 21.7. The number of aliphatic hydroxyl groups is 1. The maximum atomic E-state index is 14.0. The summed E-state index contributed by atoms with van der Waals surface area (Å²) in [6, 6.07) is 28.5. The fourth-order valence-corrected chi connectivity index (χ4v) is 4.51. The van der Waals surface area contributed by atoms with Crippen LogP contribution in [0.1, 0.15) is 35.6 Å². The molecular formula is C27H30N2O2. The summed E-state index contributed by atoms with van der Waals surface area (Å²) >= 11 is 0. The first kappa shape index (κ1) is 21.3. The van der Waals surface area contributed by atoms with Crippen molar-refractivity contribution >= 4 is 5.91 Å². The Morgan fingerprint density at radius 3 is 1.81 bits per heavy atom. The molecular weight excluding hydrogens is 384 g/mol. The number of likely N-dealkylation sites (N-methyl/N-ethyl adjacent to an activating group) is 1. The van der Waals surface area contributed by atoms with E-state index in [1.807, 2.05) is 85.9 Å². The summed E-state index contributed by atoms with van der Waals surface area (Å²) in [7, 11) is 1.81. The molecule has 1 fully saturated rings. The smallest absolute Gasteiger partial charge is 0.264 e. The third-order valence-electron chi connectivity index (χ3n) is 6.29. The third-order valence-corrected chi connectivity index (χ3v) is 6.29. The zero-order valence-corrected chi connectivity index (χ0v) is 18.0. The topological polar surface area (TPSA) is 43.8 Å². The summed E-state index contributed by atoms with van der Waals surface area (Å²) in [5.41, 5.74) is 0.473. The van der Waals surface area contributed by atoms with Gasteiger partial charge < -0.3 is 14.9 Å². The van der Waals surface area contributed by atoms with Crippen molar-refractivity contribution in [3.05, 3.63) is 108 Å². The van der Waals surface area contributed by atoms with E-state index >= 15 is 0 Å². The van der Waals surface area contributed by atoms with Gasteiger partial charge in [0, 0.05) is 13.6 Å². The first-order chi connectivity index (χ1) is 15.1. The number of carbonyl (C=O) groups is 1. The number of carbonyl (C=O) groups excluding carboxylic acids is 1. The van der Waals surface area contributed by atoms with Crippen molar-refractivity contribution in [1.29, 1.82) is 0 Å². The molecule has 1 atom stereocenters. The number of hydrogen-bond acceptors (Lipinski definition) is 3. The molecule has 1 aliphatic heterocycles. The summed E-state index contributed by atoms with van der Waals surface area (Å²) in [5, 5.41) is 11.9. The summed E-state index contributed by atoms with van der Waals surface area (Å²) in [5.74, 6) is -0.321. The number of nitrogens with zero attached hydrogens (tertiary/aromatic N) is 2. The lowest BCUT2D eigenvalue weighted by molar-refractivity contribution is -0.149. The van der Waals surface area contributed by atoms with Crippen molar-refractivity contribution < 1.29 is 9.90 Å². The highest BCUT2D eigenvalue weighted by Crippen LogP contribution is 2.34. The summed E-state index contributed by atoms with van der Waals surface area (Å²) in [6.45, 7) is 2.85. The van der Waals surface area contributed by atoms with E-state index in [1.165, 1.54) is 12.8 Å². The highest BCUT2D eigenvalue weighted by Gasteiger charge is 2.43. The van der Waals surface area contributed by atoms with Crippen molar-refractivity contribution in [2.24, 2.45) is 0 Å². The minimum absolute atomic E-state index is 0.147. The highest BCUT2D eigenvalue weighted by atomic mass is 16.3. The Morgan fingerprint density at radius 2 is 1.32 bits per heavy atom. The van der Waals surface area contributed by atoms with E-state index in [2.05, 4.69) is 17.0 Å². The molecule has 31 heavy (non-hydrogen) atoms. The van der Waals surface area contributed by atoms with Gasteiger partial charge >= 0.3 is 0 Å². The predicted molar refractivity (Wildman–Crippen MR) is 124 cm³/mol. The van der Waals surface area contributed by atoms with Gasteiger partial charge in [0.05, 0.1) is 6.04 Å². The summed E-state index contributed by atoms with van der Waals surface area (Å²) in [4.78, 5) is 18.1. The first-order valence-electron chi connectivity index (χ1n) is 11.0. The molecule has 0 saturated carbocycles. The molecule has 0 unspecified atom stereocenters. The molecule has 1 amide bonds. The van der Waals surface area contributed by atoms with Crippen LogP contribution in [0.15, 0.2) is 91.0 Å². The minimum Gasteiger partial charge on any atom is -0.372 e. The van der Waals surface area contributed by atoms with Crippen molar-refractivity contribution in [1.82, 2.24) is 9.80 Å². The van der Waals surface area contributed by atoms with Crippen LogP contribution in [0, 0.1) is 0 Å². The van der Waals surface area contributed by atoms with E-state index in [0.29, 0.717) is 11.1 Å². The number of rotatable bonds is 7. The molecule has 0 bridgehead atoms. The van der Waals surface area contributed by atoms with Gasteiger partial charge in [-0.1, -0.05) is 91.0 Å². The van der Waals surface area contributed by atoms with Gasteiger partial charge in [-0.25, -0.2) is 0 Å². The fourth-order valence-electron chi connectivity index (χ4n) is 4.51. The van der Waals surface area contributed by atoms with Gasteiger partial charge in [0.25, 0.3) is 5.91 Å². The third kappa shape index (κ3) is 4.41. The molecule has 1 heterocycles. The second kappa shape index (κ2) is 9.46. The predicted octanol–water partition coefficient (Wildman–Crippen LogP) is 4.22. The quantitative estimate of drug-likeness (QED) is 0.630. The lowest BCUT2D eigenvalue weighted by Gasteiger charge is -2.38. The van der Waals surface area contributed by atoms with Crippen LogP contribution in [0.25, 0.3) is 0 Å². The second-order valence-corrected chi connectivity index (χ2v) is 8.29. The molecule has 1 saturated heterocycles. The van der Waals surface area contributed by atoms with Gasteiger partial charge in [0.2, 0.25) is 0 Å². The van der Waals surface area contributed by atoms with Crippen LogP contribution in [-0.2, 0) is 10.4 Å². The molecule has 0 aromatic heterocycles. The molecule has 4 heteroatoms. The largest absolute Gasteiger partial charge is 0.372 e. The van der Waals surface area contributed by atoms with Crippen molar-refractivity contribution in [2.45, 2.75) is 24.5 Å². The fraction of sp³-hybridized carbons (Fsp3) is 0.296. The Balaban J connectivity index is 1.73. The minimum atomic E-state index is -1.75. The maximum absolute atomic E-state index is 14.0. The molecule has 3 aromatic carbocycles. The average Bonchev–Trinajstić information content (AvgIpc) is 3.36. The van der Waals surface area contributed by atoms with E-state index in [1.54, 1.807) is 4.90 Å². The van der Waals surface area contributed by atoms with E-state index in [0.717, 1.165) is 25.2 Å². The van der Waals surface area contributed by atoms with Crippen molar-refractivity contribution in [3.63, 3.8) is 0 Å². The van der Waals surface area contributed by atoms with Gasteiger partial charge in [0.15, 0.2) is 5.60 Å². The lowest BCUT2D eigenvalue weighted by atomic mass is 9.84. The first-order valence-corrected chi connectivity index (χ1v) is 11.0. The monoisotopic (exact) mass is 414 g/mol. The van der Waals surface area contributed by atoms with E-state index in [4.69, 9.17) is 0 Å². The van der Waals surface area contributed by atoms with Crippen LogP contribution < -0.4 is 0 Å². The standard InChI is InChI=1S/C27H30N2O2/c1-28(25(21-29-19-11-12-20-29)22-13-5-2-6-14-22)26(30)27(31,23-15-7-3-8-16-23)24-17-9-4-10-18-24/h2-10,13-18,25,31H,11-12,19-21H2,1H3/t25-/m1/s1. The van der Waals surface area contributed by atoms with Gasteiger partial charge in [-0.2, -0.15) is 0 Å². The Morgan fingerprint density at radius 1 is 0.871 bits per heavy atom. The van der Waals surface area contributed by atoms with Gasteiger partial charge in [-0.05, 0) is 42.6 Å². The Kier molecular flexibility index (Phi) is 6.50. The zero-order valence-electron chi connectivity index (χ0n) is 18.0. The number of hydrogen-bond donors (Lipinski definition) is 1. The highest BCUT2D eigenvalue weighted by molar-refractivity contribution is 5.90. The maximum Gasteiger partial charge on any atom is 0.264 e. The molecule has 3 aromatic rings. The molecule has 0 aliphatic carbocycles. The van der Waals surface area contributed by atoms with Gasteiger partial charge in [-0.15, -0.1) is 0 Å². The lowest BCUT2D eigenvalue weighted by Crippen LogP contribution is -2.49. The molecule has 4 rings (SSSR count). The number of likely N-dealkylation sites (tertiary alicyclic amines) is 1. The summed E-state index contributed by atoms with van der Waals surface area (Å²) in [6.07, 6.45) is 2.38. The Hall–Kier alpha value is -2.95. The molecule has 0 radical (unpaired) electrons. The second-order valence-electron chi connectivity index (χ2n) is 8.29. The van der Waals surface area contributed by atoms with E-state index in [9.17, 15) is 9.90 Å². The van der Waals surface area contributed by atoms with Gasteiger partial charge in [-0.3, -0.25) is 4.79 Å². The van der Waals surface area contributed by atoms with Gasteiger partial charge in [0.1, 0.15) is 0 Å². The van der Waals surface area contributed by atoms with Crippen LogP contribution in [0.3, 0.4) is 0 Å². The average molecular weight is 415 g/mol. The SMILES string of the molecule is CN(C(=O)C(O)(c1ccccc1)c1ccccc1)[C@H](CN1CCCC1)c1ccccc1. The Labute approximate surface area is 184 Å². The van der Waals surface area contributed by atoms with Crippen LogP contribution in [0.5, 0.6) is 0 Å². The number of amides is 1. The molecule has 0 spiro atoms. The van der Waals surface area contributed by atoms with Crippen LogP contribution in [0.2, 0.25) is 0 Å². The Bertz CT molecular complexity index is 930. The van der Waals surface area contributed by atoms with Crippen molar-refractivity contribution in [2.75, 3.05) is 26.7 Å². The molecule has 4 nitrogen and oxygen atoms in total.